The monoisotopic (exact) mass is 262 g/mol. The molecule has 100 valence electrons. The predicted molar refractivity (Wildman–Crippen MR) is 65.5 cm³/mol. The summed E-state index contributed by atoms with van der Waals surface area (Å²) in [6.45, 7) is 3.64. The van der Waals surface area contributed by atoms with Gasteiger partial charge in [0.15, 0.2) is 11.5 Å². The first-order chi connectivity index (χ1) is 9.24. The highest BCUT2D eigenvalue weighted by Gasteiger charge is 2.25. The average Bonchev–Trinajstić information content (AvgIpc) is 3.08. The van der Waals surface area contributed by atoms with Crippen molar-refractivity contribution in [1.29, 1.82) is 0 Å². The summed E-state index contributed by atoms with van der Waals surface area (Å²) in [6, 6.07) is 5.11. The van der Waals surface area contributed by atoms with Crippen molar-refractivity contribution in [3.8, 4) is 11.5 Å². The maximum absolute atomic E-state index is 12.2. The average molecular weight is 262 g/mol. The van der Waals surface area contributed by atoms with Gasteiger partial charge in [-0.15, -0.1) is 0 Å². The van der Waals surface area contributed by atoms with Crippen LogP contribution >= 0.6 is 0 Å². The number of hydrogen-bond donors (Lipinski definition) is 0. The van der Waals surface area contributed by atoms with E-state index in [1.807, 2.05) is 6.92 Å². The molecule has 1 saturated heterocycles. The molecule has 1 atom stereocenters. The molecule has 3 rings (SSSR count). The van der Waals surface area contributed by atoms with Gasteiger partial charge in [0.2, 0.25) is 5.76 Å². The molecule has 1 aliphatic rings. The Kier molecular flexibility index (Phi) is 3.08. The Morgan fingerprint density at radius 2 is 2.37 bits per heavy atom. The molecule has 1 unspecified atom stereocenters. The Labute approximate surface area is 109 Å². The number of ether oxygens (including phenoxy) is 1. The molecule has 1 fully saturated rings. The van der Waals surface area contributed by atoms with E-state index in [1.165, 1.54) is 0 Å². The number of carbonyl (C=O) groups excluding carboxylic acids is 1. The van der Waals surface area contributed by atoms with Crippen LogP contribution in [0.25, 0.3) is 11.5 Å². The molecule has 0 aliphatic carbocycles. The lowest BCUT2D eigenvalue weighted by atomic mass is 10.2. The minimum atomic E-state index is -0.142. The highest BCUT2D eigenvalue weighted by atomic mass is 16.5. The molecule has 1 aliphatic heterocycles. The first kappa shape index (κ1) is 12.0. The van der Waals surface area contributed by atoms with E-state index < -0.39 is 0 Å². The minimum Gasteiger partial charge on any atom is -0.461 e. The Balaban J connectivity index is 1.77. The van der Waals surface area contributed by atoms with Crippen molar-refractivity contribution in [1.82, 2.24) is 10.1 Å². The molecular formula is C13H14N2O4. The lowest BCUT2D eigenvalue weighted by Crippen LogP contribution is -2.44. The number of hydrogen-bond acceptors (Lipinski definition) is 5. The van der Waals surface area contributed by atoms with E-state index in [0.717, 1.165) is 0 Å². The number of aromatic nitrogens is 1. The summed E-state index contributed by atoms with van der Waals surface area (Å²) in [5.41, 5.74) is 0.292. The fourth-order valence-electron chi connectivity index (χ4n) is 2.08. The normalized spacial score (nSPS) is 19.6. The zero-order valence-electron chi connectivity index (χ0n) is 10.5. The van der Waals surface area contributed by atoms with Gasteiger partial charge in [-0.3, -0.25) is 4.79 Å². The van der Waals surface area contributed by atoms with Gasteiger partial charge in [0.25, 0.3) is 5.91 Å². The topological polar surface area (TPSA) is 68.7 Å². The van der Waals surface area contributed by atoms with Gasteiger partial charge in [-0.05, 0) is 19.1 Å². The van der Waals surface area contributed by atoms with Gasteiger partial charge in [-0.25, -0.2) is 0 Å². The van der Waals surface area contributed by atoms with Crippen molar-refractivity contribution in [2.75, 3.05) is 19.7 Å². The molecule has 2 aromatic heterocycles. The van der Waals surface area contributed by atoms with Crippen LogP contribution < -0.4 is 0 Å². The molecule has 19 heavy (non-hydrogen) atoms. The fourth-order valence-corrected chi connectivity index (χ4v) is 2.08. The Hall–Kier alpha value is -2.08. The SMILES string of the molecule is CC1CN(C(=O)c2cc(-c3ccco3)on2)CCO1. The highest BCUT2D eigenvalue weighted by Crippen LogP contribution is 2.21. The van der Waals surface area contributed by atoms with E-state index in [4.69, 9.17) is 13.7 Å². The van der Waals surface area contributed by atoms with Crippen molar-refractivity contribution in [2.45, 2.75) is 13.0 Å². The molecule has 0 bridgehead atoms. The van der Waals surface area contributed by atoms with Gasteiger partial charge < -0.3 is 18.6 Å². The highest BCUT2D eigenvalue weighted by molar-refractivity contribution is 5.93. The molecule has 0 aromatic carbocycles. The summed E-state index contributed by atoms with van der Waals surface area (Å²) in [7, 11) is 0. The van der Waals surface area contributed by atoms with Crippen LogP contribution in [0.4, 0.5) is 0 Å². The van der Waals surface area contributed by atoms with E-state index >= 15 is 0 Å². The lowest BCUT2D eigenvalue weighted by Gasteiger charge is -2.30. The van der Waals surface area contributed by atoms with Gasteiger partial charge in [0.05, 0.1) is 19.0 Å². The second kappa shape index (κ2) is 4.89. The summed E-state index contributed by atoms with van der Waals surface area (Å²) in [4.78, 5) is 14.0. The predicted octanol–water partition coefficient (Wildman–Crippen LogP) is 1.80. The number of carbonyl (C=O) groups is 1. The quantitative estimate of drug-likeness (QED) is 0.825. The van der Waals surface area contributed by atoms with Crippen LogP contribution in [-0.4, -0.2) is 41.8 Å². The van der Waals surface area contributed by atoms with Crippen molar-refractivity contribution >= 4 is 5.91 Å². The van der Waals surface area contributed by atoms with Crippen LogP contribution in [0.2, 0.25) is 0 Å². The minimum absolute atomic E-state index is 0.0501. The Morgan fingerprint density at radius 3 is 3.11 bits per heavy atom. The maximum Gasteiger partial charge on any atom is 0.276 e. The summed E-state index contributed by atoms with van der Waals surface area (Å²) >= 11 is 0. The number of amides is 1. The molecule has 2 aromatic rings. The van der Waals surface area contributed by atoms with Gasteiger partial charge in [0, 0.05) is 19.2 Å². The Morgan fingerprint density at radius 1 is 1.47 bits per heavy atom. The first-order valence-corrected chi connectivity index (χ1v) is 6.15. The van der Waals surface area contributed by atoms with E-state index in [9.17, 15) is 4.79 Å². The maximum atomic E-state index is 12.2. The molecule has 1 amide bonds. The van der Waals surface area contributed by atoms with Gasteiger partial charge in [-0.2, -0.15) is 0 Å². The number of nitrogens with zero attached hydrogens (tertiary/aromatic N) is 2. The van der Waals surface area contributed by atoms with Crippen LogP contribution in [0.5, 0.6) is 0 Å². The van der Waals surface area contributed by atoms with Gasteiger partial charge in [-0.1, -0.05) is 5.16 Å². The molecule has 0 saturated carbocycles. The summed E-state index contributed by atoms with van der Waals surface area (Å²) in [5.74, 6) is 0.869. The smallest absolute Gasteiger partial charge is 0.276 e. The molecule has 0 spiro atoms. The third-order valence-electron chi connectivity index (χ3n) is 3.02. The van der Waals surface area contributed by atoms with Crippen molar-refractivity contribution in [3.05, 3.63) is 30.2 Å². The third-order valence-corrected chi connectivity index (χ3v) is 3.02. The summed E-state index contributed by atoms with van der Waals surface area (Å²) in [6.07, 6.45) is 1.59. The number of rotatable bonds is 2. The van der Waals surface area contributed by atoms with Crippen LogP contribution in [0.3, 0.4) is 0 Å². The van der Waals surface area contributed by atoms with E-state index in [1.54, 1.807) is 29.4 Å². The standard InChI is InChI=1S/C13H14N2O4/c1-9-8-15(4-6-17-9)13(16)10-7-12(19-14-10)11-3-2-5-18-11/h2-3,5,7,9H,4,6,8H2,1H3. The molecule has 6 nitrogen and oxygen atoms in total. The van der Waals surface area contributed by atoms with Crippen molar-refractivity contribution in [3.63, 3.8) is 0 Å². The summed E-state index contributed by atoms with van der Waals surface area (Å²) < 4.78 is 15.7. The Bertz CT molecular complexity index is 561. The van der Waals surface area contributed by atoms with Crippen molar-refractivity contribution in [2.24, 2.45) is 0 Å². The van der Waals surface area contributed by atoms with E-state index in [0.29, 0.717) is 36.9 Å². The van der Waals surface area contributed by atoms with Gasteiger partial charge >= 0.3 is 0 Å². The number of furan rings is 1. The van der Waals surface area contributed by atoms with Crippen LogP contribution in [-0.2, 0) is 4.74 Å². The number of morpholine rings is 1. The second-order valence-corrected chi connectivity index (χ2v) is 4.49. The van der Waals surface area contributed by atoms with E-state index in [2.05, 4.69) is 5.16 Å². The second-order valence-electron chi connectivity index (χ2n) is 4.49. The zero-order valence-corrected chi connectivity index (χ0v) is 10.5. The zero-order chi connectivity index (χ0) is 13.2. The molecule has 3 heterocycles. The third kappa shape index (κ3) is 2.39. The molecule has 6 heteroatoms. The van der Waals surface area contributed by atoms with Crippen molar-refractivity contribution < 1.29 is 18.5 Å². The summed E-state index contributed by atoms with van der Waals surface area (Å²) in [5, 5.41) is 3.81. The lowest BCUT2D eigenvalue weighted by molar-refractivity contribution is -0.0127. The van der Waals surface area contributed by atoms with E-state index in [-0.39, 0.29) is 12.0 Å². The fraction of sp³-hybridized carbons (Fsp3) is 0.385. The molecule has 0 N–H and O–H groups in total. The molecule has 0 radical (unpaired) electrons. The van der Waals surface area contributed by atoms with Gasteiger partial charge in [0.1, 0.15) is 0 Å². The molecular weight excluding hydrogens is 248 g/mol. The van der Waals surface area contributed by atoms with Crippen LogP contribution in [0, 0.1) is 0 Å². The first-order valence-electron chi connectivity index (χ1n) is 6.15. The van der Waals surface area contributed by atoms with Crippen LogP contribution in [0.15, 0.2) is 33.4 Å². The van der Waals surface area contributed by atoms with Crippen LogP contribution in [0.1, 0.15) is 17.4 Å². The largest absolute Gasteiger partial charge is 0.461 e.